The van der Waals surface area contributed by atoms with E-state index in [9.17, 15) is 0 Å². The van der Waals surface area contributed by atoms with Gasteiger partial charge in [-0.2, -0.15) is 0 Å². The number of nitrogens with one attached hydrogen (secondary N) is 1. The molecule has 3 nitrogen and oxygen atoms in total. The number of nitrogens with zero attached hydrogens (tertiary/aromatic N) is 2. The van der Waals surface area contributed by atoms with Gasteiger partial charge in [-0.15, -0.1) is 0 Å². The second-order valence-electron chi connectivity index (χ2n) is 3.53. The normalized spacial score (nSPS) is 10.8. The Labute approximate surface area is 83.2 Å². The van der Waals surface area contributed by atoms with E-state index in [2.05, 4.69) is 29.1 Å². The van der Waals surface area contributed by atoms with Gasteiger partial charge in [0.25, 0.3) is 0 Å². The molecular weight excluding hydrogens is 174 g/mol. The summed E-state index contributed by atoms with van der Waals surface area (Å²) in [6.07, 6.45) is 3.57. The van der Waals surface area contributed by atoms with Crippen LogP contribution in [0.1, 0.15) is 13.8 Å². The van der Waals surface area contributed by atoms with Gasteiger partial charge in [-0.3, -0.25) is 4.98 Å². The third-order valence-electron chi connectivity index (χ3n) is 1.96. The van der Waals surface area contributed by atoms with Crippen LogP contribution in [0.4, 0.5) is 5.82 Å². The number of pyridine rings is 2. The molecule has 0 radical (unpaired) electrons. The number of hydrogen-bond donors (Lipinski definition) is 1. The highest BCUT2D eigenvalue weighted by molar-refractivity contribution is 5.88. The van der Waals surface area contributed by atoms with Crippen LogP contribution in [0.5, 0.6) is 0 Å². The van der Waals surface area contributed by atoms with Crippen LogP contribution in [0.15, 0.2) is 30.6 Å². The fourth-order valence-electron chi connectivity index (χ4n) is 1.39. The monoisotopic (exact) mass is 187 g/mol. The molecule has 0 saturated carbocycles. The molecule has 0 amide bonds. The fraction of sp³-hybridized carbons (Fsp3) is 0.273. The van der Waals surface area contributed by atoms with Gasteiger partial charge in [0.1, 0.15) is 5.82 Å². The van der Waals surface area contributed by atoms with Crippen LogP contribution in [0.3, 0.4) is 0 Å². The van der Waals surface area contributed by atoms with E-state index in [1.54, 1.807) is 12.4 Å². The Bertz CT molecular complexity index is 432. The Balaban J connectivity index is 2.53. The first kappa shape index (κ1) is 8.94. The molecular formula is C11H13N3. The second kappa shape index (κ2) is 3.62. The van der Waals surface area contributed by atoms with Gasteiger partial charge in [0.05, 0.1) is 5.52 Å². The molecule has 0 bridgehead atoms. The summed E-state index contributed by atoms with van der Waals surface area (Å²) in [5, 5.41) is 4.37. The van der Waals surface area contributed by atoms with E-state index in [4.69, 9.17) is 0 Å². The molecule has 0 aliphatic heterocycles. The van der Waals surface area contributed by atoms with E-state index in [1.165, 1.54) is 0 Å². The summed E-state index contributed by atoms with van der Waals surface area (Å²) in [5.74, 6) is 0.908. The molecule has 14 heavy (non-hydrogen) atoms. The minimum Gasteiger partial charge on any atom is -0.367 e. The van der Waals surface area contributed by atoms with Crippen molar-refractivity contribution in [2.24, 2.45) is 0 Å². The molecule has 0 aliphatic carbocycles. The van der Waals surface area contributed by atoms with E-state index in [0.717, 1.165) is 16.7 Å². The summed E-state index contributed by atoms with van der Waals surface area (Å²) < 4.78 is 0. The largest absolute Gasteiger partial charge is 0.367 e. The van der Waals surface area contributed by atoms with Gasteiger partial charge in [0, 0.05) is 23.8 Å². The van der Waals surface area contributed by atoms with Crippen LogP contribution in [-0.4, -0.2) is 16.0 Å². The standard InChI is InChI=1S/C11H13N3/c1-8(2)14-11-9-4-3-6-12-10(9)5-7-13-11/h3-8H,1-2H3,(H,13,14). The van der Waals surface area contributed by atoms with Crippen molar-refractivity contribution in [2.45, 2.75) is 19.9 Å². The molecule has 2 rings (SSSR count). The molecule has 3 heteroatoms. The van der Waals surface area contributed by atoms with Gasteiger partial charge in [0.15, 0.2) is 0 Å². The van der Waals surface area contributed by atoms with Gasteiger partial charge in [0.2, 0.25) is 0 Å². The predicted molar refractivity (Wildman–Crippen MR) is 58.3 cm³/mol. The van der Waals surface area contributed by atoms with Crippen molar-refractivity contribution in [1.82, 2.24) is 9.97 Å². The maximum Gasteiger partial charge on any atom is 0.135 e. The Hall–Kier alpha value is -1.64. The highest BCUT2D eigenvalue weighted by Gasteiger charge is 2.02. The molecule has 0 aliphatic rings. The van der Waals surface area contributed by atoms with Crippen LogP contribution < -0.4 is 5.32 Å². The van der Waals surface area contributed by atoms with Crippen molar-refractivity contribution in [3.05, 3.63) is 30.6 Å². The van der Waals surface area contributed by atoms with E-state index in [-0.39, 0.29) is 0 Å². The number of rotatable bonds is 2. The zero-order valence-electron chi connectivity index (χ0n) is 8.36. The topological polar surface area (TPSA) is 37.8 Å². The van der Waals surface area contributed by atoms with E-state index in [0.29, 0.717) is 6.04 Å². The molecule has 2 aromatic rings. The Morgan fingerprint density at radius 2 is 2.00 bits per heavy atom. The zero-order valence-corrected chi connectivity index (χ0v) is 8.36. The summed E-state index contributed by atoms with van der Waals surface area (Å²) in [7, 11) is 0. The third kappa shape index (κ3) is 1.66. The van der Waals surface area contributed by atoms with Crippen LogP contribution >= 0.6 is 0 Å². The Morgan fingerprint density at radius 3 is 2.79 bits per heavy atom. The second-order valence-corrected chi connectivity index (χ2v) is 3.53. The molecule has 1 N–H and O–H groups in total. The molecule has 0 atom stereocenters. The fourth-order valence-corrected chi connectivity index (χ4v) is 1.39. The van der Waals surface area contributed by atoms with Crippen molar-refractivity contribution in [1.29, 1.82) is 0 Å². The molecule has 72 valence electrons. The smallest absolute Gasteiger partial charge is 0.135 e. The Kier molecular flexibility index (Phi) is 2.31. The first-order valence-corrected chi connectivity index (χ1v) is 4.73. The average molecular weight is 187 g/mol. The average Bonchev–Trinajstić information content (AvgIpc) is 2.18. The van der Waals surface area contributed by atoms with Gasteiger partial charge in [-0.25, -0.2) is 4.98 Å². The lowest BCUT2D eigenvalue weighted by atomic mass is 10.2. The summed E-state index contributed by atoms with van der Waals surface area (Å²) in [5.41, 5.74) is 0.977. The molecule has 2 aromatic heterocycles. The quantitative estimate of drug-likeness (QED) is 0.784. The molecule has 0 aromatic carbocycles. The van der Waals surface area contributed by atoms with Gasteiger partial charge < -0.3 is 5.32 Å². The summed E-state index contributed by atoms with van der Waals surface area (Å²) >= 11 is 0. The molecule has 0 unspecified atom stereocenters. The minimum absolute atomic E-state index is 0.383. The number of fused-ring (bicyclic) bond motifs is 1. The summed E-state index contributed by atoms with van der Waals surface area (Å²) in [4.78, 5) is 8.57. The highest BCUT2D eigenvalue weighted by atomic mass is 15.0. The lowest BCUT2D eigenvalue weighted by Gasteiger charge is -2.10. The van der Waals surface area contributed by atoms with Crippen LogP contribution in [0.25, 0.3) is 10.9 Å². The van der Waals surface area contributed by atoms with Gasteiger partial charge in [-0.1, -0.05) is 0 Å². The first-order chi connectivity index (χ1) is 6.77. The van der Waals surface area contributed by atoms with Crippen LogP contribution in [-0.2, 0) is 0 Å². The van der Waals surface area contributed by atoms with Crippen molar-refractivity contribution in [3.63, 3.8) is 0 Å². The van der Waals surface area contributed by atoms with Gasteiger partial charge in [-0.05, 0) is 32.0 Å². The number of hydrogen-bond acceptors (Lipinski definition) is 3. The van der Waals surface area contributed by atoms with E-state index < -0.39 is 0 Å². The van der Waals surface area contributed by atoms with Crippen molar-refractivity contribution >= 4 is 16.7 Å². The van der Waals surface area contributed by atoms with E-state index >= 15 is 0 Å². The van der Waals surface area contributed by atoms with Gasteiger partial charge >= 0.3 is 0 Å². The minimum atomic E-state index is 0.383. The van der Waals surface area contributed by atoms with Crippen molar-refractivity contribution < 1.29 is 0 Å². The first-order valence-electron chi connectivity index (χ1n) is 4.73. The molecule has 0 saturated heterocycles. The maximum atomic E-state index is 4.30. The Morgan fingerprint density at radius 1 is 1.14 bits per heavy atom. The summed E-state index contributed by atoms with van der Waals surface area (Å²) in [6.45, 7) is 4.19. The number of anilines is 1. The maximum absolute atomic E-state index is 4.30. The predicted octanol–water partition coefficient (Wildman–Crippen LogP) is 2.45. The van der Waals surface area contributed by atoms with E-state index in [1.807, 2.05) is 18.2 Å². The molecule has 0 fully saturated rings. The lowest BCUT2D eigenvalue weighted by Crippen LogP contribution is -2.11. The van der Waals surface area contributed by atoms with Crippen LogP contribution in [0.2, 0.25) is 0 Å². The van der Waals surface area contributed by atoms with Crippen molar-refractivity contribution in [2.75, 3.05) is 5.32 Å². The SMILES string of the molecule is CC(C)Nc1nccc2ncccc12. The number of aromatic nitrogens is 2. The molecule has 0 spiro atoms. The third-order valence-corrected chi connectivity index (χ3v) is 1.96. The lowest BCUT2D eigenvalue weighted by molar-refractivity contribution is 0.892. The zero-order chi connectivity index (χ0) is 9.97. The highest BCUT2D eigenvalue weighted by Crippen LogP contribution is 2.18. The van der Waals surface area contributed by atoms with Crippen LogP contribution in [0, 0.1) is 0 Å². The summed E-state index contributed by atoms with van der Waals surface area (Å²) in [6, 6.07) is 6.25. The van der Waals surface area contributed by atoms with Crippen molar-refractivity contribution in [3.8, 4) is 0 Å². The molecule has 2 heterocycles.